The molecule has 0 bridgehead atoms. The molecule has 3 amide bonds. The Labute approximate surface area is 666 Å². The number of rotatable bonds is 31. The van der Waals surface area contributed by atoms with Crippen LogP contribution in [0.1, 0.15) is 314 Å². The molecule has 0 aromatic carbocycles. The van der Waals surface area contributed by atoms with Crippen molar-refractivity contribution in [1.82, 2.24) is 24.9 Å². The lowest BCUT2D eigenvalue weighted by Crippen LogP contribution is -2.53. The minimum atomic E-state index is -0.681. The molecule has 20 heteroatoms. The summed E-state index contributed by atoms with van der Waals surface area (Å²) < 4.78 is 0. The average Bonchev–Trinajstić information content (AvgIpc) is 1.46. The fraction of sp³-hybridized carbons (Fsp3) is 0.867. The maximum atomic E-state index is 15.2. The Balaban J connectivity index is 0.000000225. The lowest BCUT2D eigenvalue weighted by molar-refractivity contribution is -0.147. The fourth-order valence-electron chi connectivity index (χ4n) is 23.5. The highest BCUT2D eigenvalue weighted by Crippen LogP contribution is 2.89. The van der Waals surface area contributed by atoms with Crippen molar-refractivity contribution in [2.24, 2.45) is 108 Å². The van der Waals surface area contributed by atoms with E-state index in [0.29, 0.717) is 76.4 Å². The molecule has 0 aromatic heterocycles. The summed E-state index contributed by atoms with van der Waals surface area (Å²) in [6, 6.07) is -2.49. The number of carboxylic acid groups (broad SMARTS) is 1. The van der Waals surface area contributed by atoms with Gasteiger partial charge in [0.15, 0.2) is 34.7 Å². The topological polar surface area (TPSA) is 276 Å². The molecular formula is C90H145ClN6O13. The summed E-state index contributed by atoms with van der Waals surface area (Å²) in [5.41, 5.74) is 5.39. The minimum Gasteiger partial charge on any atom is -0.481 e. The highest BCUT2D eigenvalue weighted by molar-refractivity contribution is 6.39. The Morgan fingerprint density at radius 1 is 0.482 bits per heavy atom. The van der Waals surface area contributed by atoms with E-state index in [1.54, 1.807) is 0 Å². The molecule has 0 radical (unpaired) electrons. The number of nitrogens with one attached hydrogen (secondary N) is 1. The maximum absolute atomic E-state index is 15.2. The molecule has 12 aliphatic rings. The molecule has 8 aliphatic carbocycles. The fourth-order valence-corrected chi connectivity index (χ4v) is 23.5. The van der Waals surface area contributed by atoms with E-state index in [0.717, 1.165) is 161 Å². The number of ketones is 8. The van der Waals surface area contributed by atoms with Gasteiger partial charge < -0.3 is 35.8 Å². The third-order valence-corrected chi connectivity index (χ3v) is 31.5. The number of nitrogens with two attached hydrogens (primary N) is 1. The lowest BCUT2D eigenvalue weighted by atomic mass is 9.73. The Kier molecular flexibility index (Phi) is 29.1. The van der Waals surface area contributed by atoms with Crippen molar-refractivity contribution < 1.29 is 62.6 Å². The molecule has 19 nitrogen and oxygen atoms in total. The van der Waals surface area contributed by atoms with Crippen LogP contribution >= 0.6 is 12.4 Å². The number of amides is 3. The molecule has 12 fully saturated rings. The van der Waals surface area contributed by atoms with Crippen LogP contribution in [-0.4, -0.2) is 172 Å². The molecule has 12 atom stereocenters. The summed E-state index contributed by atoms with van der Waals surface area (Å²) in [4.78, 5) is 172. The zero-order valence-electron chi connectivity index (χ0n) is 70.4. The number of nitrogens with zero attached hydrogens (tertiary/aromatic N) is 4. The van der Waals surface area contributed by atoms with Crippen LogP contribution in [-0.2, 0) is 57.5 Å². The third kappa shape index (κ3) is 18.6. The van der Waals surface area contributed by atoms with Crippen molar-refractivity contribution in [2.75, 3.05) is 53.4 Å². The van der Waals surface area contributed by atoms with E-state index >= 15 is 4.79 Å². The van der Waals surface area contributed by atoms with Gasteiger partial charge in [-0.15, -0.1) is 12.4 Å². The molecule has 4 heterocycles. The second kappa shape index (κ2) is 35.9. The van der Waals surface area contributed by atoms with Gasteiger partial charge in [0.25, 0.3) is 0 Å². The van der Waals surface area contributed by atoms with Gasteiger partial charge in [0, 0.05) is 99.2 Å². The van der Waals surface area contributed by atoms with Gasteiger partial charge in [-0.3, -0.25) is 57.5 Å². The summed E-state index contributed by atoms with van der Waals surface area (Å²) in [5, 5.41) is 11.9. The van der Waals surface area contributed by atoms with E-state index < -0.39 is 76.2 Å². The van der Waals surface area contributed by atoms with E-state index in [1.807, 2.05) is 79.3 Å². The average molecular weight is 1550 g/mol. The van der Waals surface area contributed by atoms with Crippen molar-refractivity contribution in [3.63, 3.8) is 0 Å². The molecule has 4 N–H and O–H groups in total. The van der Waals surface area contributed by atoms with Crippen LogP contribution in [0.2, 0.25) is 0 Å². The van der Waals surface area contributed by atoms with E-state index in [9.17, 15) is 52.7 Å². The van der Waals surface area contributed by atoms with Crippen LogP contribution in [0.15, 0.2) is 0 Å². The van der Waals surface area contributed by atoms with Gasteiger partial charge in [0.1, 0.15) is 0 Å². The summed E-state index contributed by atoms with van der Waals surface area (Å²) in [6.45, 7) is 29.6. The Hall–Kier alpha value is -4.59. The summed E-state index contributed by atoms with van der Waals surface area (Å²) in [6.07, 6.45) is 28.9. The monoisotopic (exact) mass is 1550 g/mol. The number of carbonyl (C=O) groups is 12. The van der Waals surface area contributed by atoms with Gasteiger partial charge in [-0.1, -0.05) is 147 Å². The number of hydrogen-bond donors (Lipinski definition) is 3. The minimum absolute atomic E-state index is 0. The van der Waals surface area contributed by atoms with Crippen LogP contribution in [0, 0.1) is 102 Å². The van der Waals surface area contributed by atoms with Crippen LogP contribution < -0.4 is 11.1 Å². The zero-order valence-corrected chi connectivity index (χ0v) is 71.2. The molecule has 12 rings (SSSR count). The number of aliphatic carboxylic acids is 1. The smallest absolute Gasteiger partial charge is 0.307 e. The molecule has 620 valence electrons. The van der Waals surface area contributed by atoms with Gasteiger partial charge in [-0.25, -0.2) is 0 Å². The first-order valence-corrected chi connectivity index (χ1v) is 43.8. The van der Waals surface area contributed by atoms with Gasteiger partial charge in [0.05, 0.1) is 36.0 Å². The maximum Gasteiger partial charge on any atom is 0.307 e. The third-order valence-electron chi connectivity index (χ3n) is 31.5. The largest absolute Gasteiger partial charge is 0.481 e. The number of fused-ring (bicyclic) bond motifs is 2. The van der Waals surface area contributed by atoms with E-state index in [2.05, 4.69) is 42.8 Å². The summed E-state index contributed by atoms with van der Waals surface area (Å²) in [7, 11) is 4.00. The Bertz CT molecular complexity index is 3360. The second-order valence-electron chi connectivity index (χ2n) is 40.9. The quantitative estimate of drug-likeness (QED) is 0.0544. The first kappa shape index (κ1) is 89.3. The first-order chi connectivity index (χ1) is 51.3. The Morgan fingerprint density at radius 3 is 1.20 bits per heavy atom. The number of Topliss-reactive ketones (excluding diaryl/α,β-unsaturated/α-hetero) is 8. The molecule has 4 saturated heterocycles. The number of hydrogen-bond acceptors (Lipinski definition) is 15. The van der Waals surface area contributed by atoms with Crippen molar-refractivity contribution >= 4 is 82.4 Å². The second-order valence-corrected chi connectivity index (χ2v) is 40.9. The van der Waals surface area contributed by atoms with E-state index in [4.69, 9.17) is 10.8 Å². The molecular weight excluding hydrogens is 1410 g/mol. The van der Waals surface area contributed by atoms with Gasteiger partial charge in [-0.2, -0.15) is 0 Å². The van der Waals surface area contributed by atoms with Crippen molar-refractivity contribution in [3.8, 4) is 0 Å². The Morgan fingerprint density at radius 2 is 0.864 bits per heavy atom. The van der Waals surface area contributed by atoms with E-state index in [-0.39, 0.29) is 153 Å². The van der Waals surface area contributed by atoms with Crippen molar-refractivity contribution in [1.29, 1.82) is 0 Å². The predicted molar refractivity (Wildman–Crippen MR) is 430 cm³/mol. The zero-order chi connectivity index (χ0) is 79.7. The molecule has 110 heavy (non-hydrogen) atoms. The number of carbonyl (C=O) groups excluding carboxylic acids is 11. The normalized spacial score (nSPS) is 29.1. The highest BCUT2D eigenvalue weighted by atomic mass is 35.5. The van der Waals surface area contributed by atoms with Crippen molar-refractivity contribution in [2.45, 2.75) is 338 Å². The number of halogens is 1. The van der Waals surface area contributed by atoms with Crippen LogP contribution in [0.5, 0.6) is 0 Å². The number of carboxylic acids is 1. The van der Waals surface area contributed by atoms with E-state index in [1.165, 1.54) is 12.8 Å². The van der Waals surface area contributed by atoms with Gasteiger partial charge in [-0.05, 0) is 212 Å². The number of piperidine rings is 2. The molecule has 4 aliphatic heterocycles. The van der Waals surface area contributed by atoms with Crippen LogP contribution in [0.3, 0.4) is 0 Å². The summed E-state index contributed by atoms with van der Waals surface area (Å²) >= 11 is 0. The van der Waals surface area contributed by atoms with Gasteiger partial charge >= 0.3 is 5.97 Å². The molecule has 4 spiro atoms. The predicted octanol–water partition coefficient (Wildman–Crippen LogP) is 14.6. The van der Waals surface area contributed by atoms with Crippen LogP contribution in [0.4, 0.5) is 0 Å². The molecule has 8 saturated carbocycles. The molecule has 0 aromatic rings. The van der Waals surface area contributed by atoms with Crippen LogP contribution in [0.25, 0.3) is 0 Å². The summed E-state index contributed by atoms with van der Waals surface area (Å²) in [5.74, 6) is -4.79. The number of likely N-dealkylation sites (tertiary alicyclic amines) is 4. The highest BCUT2D eigenvalue weighted by Gasteiger charge is 2.86. The van der Waals surface area contributed by atoms with Crippen molar-refractivity contribution in [3.05, 3.63) is 0 Å². The first-order valence-electron chi connectivity index (χ1n) is 43.8. The lowest BCUT2D eigenvalue weighted by Gasteiger charge is -2.37. The standard InChI is InChI=1S/C45H71N3O6.C38H60N2O5.C7H13NO2.ClH/c1-8-14-31(39(52)37(51)23-29-18-19-29)24-35(49)34-26-45(43(5,6)44(45)20-13-21-44)28-48(34)41(54)33(42(2,3)4)25-36(50)38(30-15-10-9-11-16-30)46-40(53)32-17-12-22-47(7)27-32;1-7-12-26(33(44)31(43)19-24-15-16-24)20-29(41)28-22-38(36(5,6)37(38)17-11-18-37)23-40(28)34(45)27(35(2,3)4)21-30(42)32(39)25-13-9-8-10-14-25;1-8-4-2-3-6(5-8)7(9)10;/h29-34,38H,8-28H2,1-7H3,(H,46,53);24-28,32H,7-23,39H2,1-6H3;6H,2-5H2,1H3,(H,9,10);1H/t31-,32-,33-,34+,38+,45-;26-,27-,28+,32+,38-;6-;/m111./s1. The SMILES string of the molecule is CCC[C@H](CC(=O)[C@@H]1C[C@@]2(CN1C(=O)[C@@H](CC(=O)[C@@H](N)C1CCCCC1)C(C)(C)C)C(C)(C)C21CCC1)C(=O)C(=O)CC1CC1.CCC[C@H](CC(=O)[C@@H]1C[C@@]2(CN1C(=O)[C@@H](CC(=O)[C@@H](NC(=O)[C@@H]1CCCN(C)C1)C1CCCCC1)C(C)(C)C)C(C)(C)C21CCC1)C(=O)C(=O)CC1CC1.CN1CCC[C@@H](C(=O)O)C1.Cl. The molecule has 0 unspecified atom stereocenters. The van der Waals surface area contributed by atoms with Gasteiger partial charge in [0.2, 0.25) is 29.3 Å².